The van der Waals surface area contributed by atoms with Gasteiger partial charge in [-0.25, -0.2) is 0 Å². The Balaban J connectivity index is 1.93. The molecule has 1 saturated heterocycles. The third kappa shape index (κ3) is 4.57. The van der Waals surface area contributed by atoms with Crippen molar-refractivity contribution >= 4 is 0 Å². The predicted molar refractivity (Wildman–Crippen MR) is 51.8 cm³/mol. The first-order chi connectivity index (χ1) is 6.33. The van der Waals surface area contributed by atoms with E-state index in [0.29, 0.717) is 12.6 Å². The predicted octanol–water partition coefficient (Wildman–Crippen LogP) is -0.665. The Labute approximate surface area is 79.7 Å². The Morgan fingerprint density at radius 1 is 1.69 bits per heavy atom. The number of methoxy groups -OCH3 is 1. The van der Waals surface area contributed by atoms with Crippen LogP contribution < -0.4 is 10.6 Å². The van der Waals surface area contributed by atoms with E-state index < -0.39 is 0 Å². The van der Waals surface area contributed by atoms with Crippen molar-refractivity contribution in [3.8, 4) is 0 Å². The lowest BCUT2D eigenvalue weighted by atomic mass is 10.2. The molecule has 1 rings (SSSR count). The number of rotatable bonds is 6. The maximum Gasteiger partial charge on any atom is 0.0785 e. The first-order valence-electron chi connectivity index (χ1n) is 4.94. The summed E-state index contributed by atoms with van der Waals surface area (Å²) in [7, 11) is 1.61. The molecule has 0 spiro atoms. The SMILES string of the molecule is COCC(O)CCNC1CCNC1. The van der Waals surface area contributed by atoms with Crippen molar-refractivity contribution in [2.24, 2.45) is 0 Å². The second-order valence-corrected chi connectivity index (χ2v) is 3.54. The zero-order chi connectivity index (χ0) is 9.52. The molecular weight excluding hydrogens is 168 g/mol. The molecule has 0 aromatic rings. The Morgan fingerprint density at radius 2 is 2.54 bits per heavy atom. The van der Waals surface area contributed by atoms with E-state index >= 15 is 0 Å². The molecule has 0 radical (unpaired) electrons. The Kier molecular flexibility index (Phi) is 5.31. The van der Waals surface area contributed by atoms with Crippen LogP contribution in [0.1, 0.15) is 12.8 Å². The van der Waals surface area contributed by atoms with E-state index in [4.69, 9.17) is 4.74 Å². The third-order valence-electron chi connectivity index (χ3n) is 2.33. The zero-order valence-corrected chi connectivity index (χ0v) is 8.25. The van der Waals surface area contributed by atoms with Gasteiger partial charge in [0.1, 0.15) is 0 Å². The van der Waals surface area contributed by atoms with Crippen LogP contribution in [0.3, 0.4) is 0 Å². The fraction of sp³-hybridized carbons (Fsp3) is 1.00. The van der Waals surface area contributed by atoms with E-state index in [2.05, 4.69) is 10.6 Å². The quantitative estimate of drug-likeness (QED) is 0.518. The van der Waals surface area contributed by atoms with Crippen molar-refractivity contribution in [3.63, 3.8) is 0 Å². The van der Waals surface area contributed by atoms with E-state index in [1.807, 2.05) is 0 Å². The van der Waals surface area contributed by atoms with Crippen molar-refractivity contribution in [3.05, 3.63) is 0 Å². The highest BCUT2D eigenvalue weighted by atomic mass is 16.5. The molecular formula is C9H20N2O2. The van der Waals surface area contributed by atoms with Gasteiger partial charge in [-0.1, -0.05) is 0 Å². The van der Waals surface area contributed by atoms with Crippen LogP contribution in [0.25, 0.3) is 0 Å². The first-order valence-corrected chi connectivity index (χ1v) is 4.94. The fourth-order valence-electron chi connectivity index (χ4n) is 1.56. The number of hydrogen-bond donors (Lipinski definition) is 3. The van der Waals surface area contributed by atoms with Gasteiger partial charge in [-0.15, -0.1) is 0 Å². The van der Waals surface area contributed by atoms with E-state index in [-0.39, 0.29) is 6.10 Å². The van der Waals surface area contributed by atoms with Crippen molar-refractivity contribution < 1.29 is 9.84 Å². The van der Waals surface area contributed by atoms with Crippen molar-refractivity contribution in [1.82, 2.24) is 10.6 Å². The average molecular weight is 188 g/mol. The molecule has 0 saturated carbocycles. The van der Waals surface area contributed by atoms with E-state index in [1.54, 1.807) is 7.11 Å². The molecule has 78 valence electrons. The average Bonchev–Trinajstić information content (AvgIpc) is 2.57. The molecule has 1 fully saturated rings. The minimum Gasteiger partial charge on any atom is -0.391 e. The van der Waals surface area contributed by atoms with Gasteiger partial charge < -0.3 is 20.5 Å². The fourth-order valence-corrected chi connectivity index (χ4v) is 1.56. The molecule has 4 heteroatoms. The third-order valence-corrected chi connectivity index (χ3v) is 2.33. The summed E-state index contributed by atoms with van der Waals surface area (Å²) in [6.07, 6.45) is 1.64. The standard InChI is InChI=1S/C9H20N2O2/c1-13-7-9(12)3-5-11-8-2-4-10-6-8/h8-12H,2-7H2,1H3. The lowest BCUT2D eigenvalue weighted by Gasteiger charge is -2.13. The van der Waals surface area contributed by atoms with Gasteiger partial charge in [0.25, 0.3) is 0 Å². The highest BCUT2D eigenvalue weighted by Gasteiger charge is 2.13. The second-order valence-electron chi connectivity index (χ2n) is 3.54. The second kappa shape index (κ2) is 6.32. The van der Waals surface area contributed by atoms with Gasteiger partial charge in [0, 0.05) is 19.7 Å². The minimum absolute atomic E-state index is 0.327. The summed E-state index contributed by atoms with van der Waals surface area (Å²) >= 11 is 0. The summed E-state index contributed by atoms with van der Waals surface area (Å²) in [4.78, 5) is 0. The maximum atomic E-state index is 9.34. The maximum absolute atomic E-state index is 9.34. The molecule has 1 heterocycles. The molecule has 13 heavy (non-hydrogen) atoms. The highest BCUT2D eigenvalue weighted by molar-refractivity contribution is 4.77. The molecule has 1 aliphatic rings. The summed E-state index contributed by atoms with van der Waals surface area (Å²) in [6, 6.07) is 0.592. The molecule has 0 aliphatic carbocycles. The van der Waals surface area contributed by atoms with Gasteiger partial charge in [-0.05, 0) is 25.9 Å². The Bertz CT molecular complexity index is 127. The van der Waals surface area contributed by atoms with Gasteiger partial charge >= 0.3 is 0 Å². The topological polar surface area (TPSA) is 53.5 Å². The minimum atomic E-state index is -0.327. The molecule has 2 unspecified atom stereocenters. The molecule has 3 N–H and O–H groups in total. The van der Waals surface area contributed by atoms with Crippen molar-refractivity contribution in [1.29, 1.82) is 0 Å². The zero-order valence-electron chi connectivity index (χ0n) is 8.25. The van der Waals surface area contributed by atoms with Crippen LogP contribution in [0.5, 0.6) is 0 Å². The van der Waals surface area contributed by atoms with Gasteiger partial charge in [0.15, 0.2) is 0 Å². The summed E-state index contributed by atoms with van der Waals surface area (Å²) in [5, 5.41) is 16.0. The van der Waals surface area contributed by atoms with Crippen LogP contribution >= 0.6 is 0 Å². The van der Waals surface area contributed by atoms with Crippen LogP contribution in [0.15, 0.2) is 0 Å². The number of nitrogens with one attached hydrogen (secondary N) is 2. The largest absolute Gasteiger partial charge is 0.391 e. The number of hydrogen-bond acceptors (Lipinski definition) is 4. The summed E-state index contributed by atoms with van der Waals surface area (Å²) in [5.41, 5.74) is 0. The molecule has 0 aromatic carbocycles. The first kappa shape index (κ1) is 10.9. The molecule has 0 bridgehead atoms. The Hall–Kier alpha value is -0.160. The summed E-state index contributed by atoms with van der Waals surface area (Å²) in [5.74, 6) is 0. The summed E-state index contributed by atoms with van der Waals surface area (Å²) in [6.45, 7) is 3.47. The van der Waals surface area contributed by atoms with Gasteiger partial charge in [-0.3, -0.25) is 0 Å². The van der Waals surface area contributed by atoms with Crippen LogP contribution in [-0.4, -0.2) is 50.6 Å². The van der Waals surface area contributed by atoms with Crippen LogP contribution in [0.2, 0.25) is 0 Å². The monoisotopic (exact) mass is 188 g/mol. The number of aliphatic hydroxyl groups excluding tert-OH is 1. The van der Waals surface area contributed by atoms with Crippen LogP contribution in [-0.2, 0) is 4.74 Å². The molecule has 4 nitrogen and oxygen atoms in total. The van der Waals surface area contributed by atoms with Crippen molar-refractivity contribution in [2.75, 3.05) is 33.4 Å². The molecule has 1 aliphatic heterocycles. The normalized spacial score (nSPS) is 24.9. The van der Waals surface area contributed by atoms with Gasteiger partial charge in [-0.2, -0.15) is 0 Å². The molecule has 0 amide bonds. The highest BCUT2D eigenvalue weighted by Crippen LogP contribution is 1.97. The van der Waals surface area contributed by atoms with E-state index in [0.717, 1.165) is 26.1 Å². The van der Waals surface area contributed by atoms with E-state index in [1.165, 1.54) is 6.42 Å². The van der Waals surface area contributed by atoms with Gasteiger partial charge in [0.2, 0.25) is 0 Å². The van der Waals surface area contributed by atoms with Crippen LogP contribution in [0.4, 0.5) is 0 Å². The summed E-state index contributed by atoms with van der Waals surface area (Å²) < 4.78 is 4.84. The van der Waals surface area contributed by atoms with Crippen molar-refractivity contribution in [2.45, 2.75) is 25.0 Å². The number of ether oxygens (including phenoxy) is 1. The number of aliphatic hydroxyl groups is 1. The molecule has 2 atom stereocenters. The van der Waals surface area contributed by atoms with Crippen LogP contribution in [0, 0.1) is 0 Å². The van der Waals surface area contributed by atoms with Gasteiger partial charge in [0.05, 0.1) is 12.7 Å². The molecule has 0 aromatic heterocycles. The van der Waals surface area contributed by atoms with E-state index in [9.17, 15) is 5.11 Å². The Morgan fingerprint density at radius 3 is 3.15 bits per heavy atom. The smallest absolute Gasteiger partial charge is 0.0785 e. The lowest BCUT2D eigenvalue weighted by Crippen LogP contribution is -2.33. The lowest BCUT2D eigenvalue weighted by molar-refractivity contribution is 0.0591.